The van der Waals surface area contributed by atoms with Gasteiger partial charge in [-0.2, -0.15) is 0 Å². The monoisotopic (exact) mass is 301 g/mol. The number of benzene rings is 2. The number of nitrogens with zero attached hydrogens (tertiary/aromatic N) is 1. The molecule has 0 aliphatic rings. The van der Waals surface area contributed by atoms with E-state index in [0.717, 1.165) is 5.56 Å². The average molecular weight is 301 g/mol. The minimum atomic E-state index is -0.509. The van der Waals surface area contributed by atoms with E-state index in [1.807, 2.05) is 0 Å². The number of carbonyl (C=O) groups is 1. The molecule has 0 heterocycles. The second-order valence-electron chi connectivity index (χ2n) is 4.57. The number of anilines is 2. The fraction of sp³-hybridized carbons (Fsp3) is 0.133. The summed E-state index contributed by atoms with van der Waals surface area (Å²) in [6.45, 7) is 1.75. The molecule has 2 N–H and O–H groups in total. The zero-order chi connectivity index (χ0) is 16.1. The first kappa shape index (κ1) is 15.3. The van der Waals surface area contributed by atoms with Gasteiger partial charge in [0.25, 0.3) is 5.69 Å². The third-order valence-corrected chi connectivity index (χ3v) is 3.01. The van der Waals surface area contributed by atoms with E-state index in [2.05, 4.69) is 10.6 Å². The Hall–Kier alpha value is -3.09. The number of amides is 2. The van der Waals surface area contributed by atoms with Crippen LogP contribution in [0.25, 0.3) is 0 Å². The summed E-state index contributed by atoms with van der Waals surface area (Å²) >= 11 is 0. The molecule has 0 saturated carbocycles. The van der Waals surface area contributed by atoms with Gasteiger partial charge in [-0.15, -0.1) is 0 Å². The molecule has 114 valence electrons. The molecule has 0 saturated heterocycles. The number of nitro groups is 1. The van der Waals surface area contributed by atoms with Crippen LogP contribution in [0.4, 0.5) is 21.9 Å². The summed E-state index contributed by atoms with van der Waals surface area (Å²) < 4.78 is 5.07. The van der Waals surface area contributed by atoms with E-state index in [1.165, 1.54) is 19.2 Å². The topological polar surface area (TPSA) is 93.5 Å². The second kappa shape index (κ2) is 6.57. The number of carbonyl (C=O) groups excluding carboxylic acids is 1. The molecule has 2 aromatic carbocycles. The van der Waals surface area contributed by atoms with Gasteiger partial charge in [0.2, 0.25) is 0 Å². The molecule has 0 radical (unpaired) electrons. The summed E-state index contributed by atoms with van der Waals surface area (Å²) in [6, 6.07) is 10.7. The Morgan fingerprint density at radius 2 is 1.95 bits per heavy atom. The molecule has 22 heavy (non-hydrogen) atoms. The number of non-ortho nitro benzene ring substituents is 1. The molecule has 0 atom stereocenters. The van der Waals surface area contributed by atoms with Crippen LogP contribution >= 0.6 is 0 Å². The smallest absolute Gasteiger partial charge is 0.323 e. The number of hydrogen-bond acceptors (Lipinski definition) is 4. The highest BCUT2D eigenvalue weighted by Gasteiger charge is 2.11. The van der Waals surface area contributed by atoms with Crippen LogP contribution in [0.1, 0.15) is 5.56 Å². The Balaban J connectivity index is 2.11. The summed E-state index contributed by atoms with van der Waals surface area (Å²) in [6.07, 6.45) is 0. The highest BCUT2D eigenvalue weighted by atomic mass is 16.6. The predicted molar refractivity (Wildman–Crippen MR) is 83.5 cm³/mol. The van der Waals surface area contributed by atoms with Crippen molar-refractivity contribution in [2.45, 2.75) is 6.92 Å². The largest absolute Gasteiger partial charge is 0.497 e. The van der Waals surface area contributed by atoms with Crippen LogP contribution in [0.3, 0.4) is 0 Å². The lowest BCUT2D eigenvalue weighted by molar-refractivity contribution is -0.384. The molecular weight excluding hydrogens is 286 g/mol. The van der Waals surface area contributed by atoms with Crippen molar-refractivity contribution in [2.24, 2.45) is 0 Å². The first-order valence-electron chi connectivity index (χ1n) is 6.46. The van der Waals surface area contributed by atoms with E-state index in [0.29, 0.717) is 17.1 Å². The molecule has 0 bridgehead atoms. The third kappa shape index (κ3) is 3.72. The minimum Gasteiger partial charge on any atom is -0.497 e. The molecule has 2 rings (SSSR count). The van der Waals surface area contributed by atoms with E-state index in [4.69, 9.17) is 4.74 Å². The number of hydrogen-bond donors (Lipinski definition) is 2. The highest BCUT2D eigenvalue weighted by Crippen LogP contribution is 2.22. The average Bonchev–Trinajstić information content (AvgIpc) is 2.49. The summed E-state index contributed by atoms with van der Waals surface area (Å²) in [5, 5.41) is 16.0. The lowest BCUT2D eigenvalue weighted by Gasteiger charge is -2.10. The highest BCUT2D eigenvalue weighted by molar-refractivity contribution is 6.00. The van der Waals surface area contributed by atoms with E-state index < -0.39 is 11.0 Å². The number of nitro benzene ring substituents is 1. The molecule has 2 aromatic rings. The number of rotatable bonds is 4. The Morgan fingerprint density at radius 3 is 2.64 bits per heavy atom. The van der Waals surface area contributed by atoms with E-state index in [9.17, 15) is 14.9 Å². The van der Waals surface area contributed by atoms with Crippen molar-refractivity contribution in [3.05, 3.63) is 58.1 Å². The van der Waals surface area contributed by atoms with Crippen LogP contribution in [-0.2, 0) is 0 Å². The van der Waals surface area contributed by atoms with Gasteiger partial charge in [0.05, 0.1) is 17.7 Å². The van der Waals surface area contributed by atoms with E-state index in [1.54, 1.807) is 37.3 Å². The summed E-state index contributed by atoms with van der Waals surface area (Å²) in [5.74, 6) is 0.615. The van der Waals surface area contributed by atoms with E-state index >= 15 is 0 Å². The van der Waals surface area contributed by atoms with Crippen molar-refractivity contribution < 1.29 is 14.5 Å². The molecule has 7 nitrogen and oxygen atoms in total. The van der Waals surface area contributed by atoms with Gasteiger partial charge in [0.1, 0.15) is 5.75 Å². The molecule has 0 aliphatic carbocycles. The summed E-state index contributed by atoms with van der Waals surface area (Å²) in [4.78, 5) is 22.2. The maximum atomic E-state index is 12.0. The Bertz CT molecular complexity index is 716. The van der Waals surface area contributed by atoms with Crippen molar-refractivity contribution in [3.63, 3.8) is 0 Å². The lowest BCUT2D eigenvalue weighted by atomic mass is 10.2. The van der Waals surface area contributed by atoms with Crippen molar-refractivity contribution in [1.82, 2.24) is 0 Å². The van der Waals surface area contributed by atoms with Crippen LogP contribution in [0, 0.1) is 17.0 Å². The van der Waals surface area contributed by atoms with Gasteiger partial charge in [-0.1, -0.05) is 12.1 Å². The molecule has 0 unspecified atom stereocenters. The van der Waals surface area contributed by atoms with Gasteiger partial charge in [0.15, 0.2) is 0 Å². The van der Waals surface area contributed by atoms with Gasteiger partial charge in [-0.05, 0) is 24.6 Å². The minimum absolute atomic E-state index is 0.0812. The molecule has 0 aromatic heterocycles. The normalized spacial score (nSPS) is 9.91. The number of urea groups is 1. The van der Waals surface area contributed by atoms with Crippen molar-refractivity contribution in [3.8, 4) is 5.75 Å². The number of methoxy groups -OCH3 is 1. The van der Waals surface area contributed by atoms with Gasteiger partial charge in [-0.25, -0.2) is 4.79 Å². The third-order valence-electron chi connectivity index (χ3n) is 3.01. The molecule has 2 amide bonds. The predicted octanol–water partition coefficient (Wildman–Crippen LogP) is 3.56. The Kier molecular flexibility index (Phi) is 4.57. The zero-order valence-electron chi connectivity index (χ0n) is 12.1. The van der Waals surface area contributed by atoms with Gasteiger partial charge in [-0.3, -0.25) is 10.1 Å². The first-order valence-corrected chi connectivity index (χ1v) is 6.46. The number of ether oxygens (including phenoxy) is 1. The second-order valence-corrected chi connectivity index (χ2v) is 4.57. The fourth-order valence-electron chi connectivity index (χ4n) is 1.84. The maximum absolute atomic E-state index is 12.0. The van der Waals surface area contributed by atoms with Crippen molar-refractivity contribution >= 4 is 23.1 Å². The van der Waals surface area contributed by atoms with Gasteiger partial charge < -0.3 is 15.4 Å². The Labute approximate surface area is 127 Å². The fourth-order valence-corrected chi connectivity index (χ4v) is 1.84. The van der Waals surface area contributed by atoms with Crippen LogP contribution in [0.2, 0.25) is 0 Å². The van der Waals surface area contributed by atoms with Crippen LogP contribution in [0.15, 0.2) is 42.5 Å². The molecule has 0 spiro atoms. The summed E-state index contributed by atoms with van der Waals surface area (Å²) in [7, 11) is 1.53. The number of nitrogens with one attached hydrogen (secondary N) is 2. The SMILES string of the molecule is COc1cccc(NC(=O)Nc2cc([N+](=O)[O-])ccc2C)c1. The van der Waals surface area contributed by atoms with Crippen molar-refractivity contribution in [2.75, 3.05) is 17.7 Å². The molecular formula is C15H15N3O4. The van der Waals surface area contributed by atoms with Gasteiger partial charge in [0, 0.05) is 23.9 Å². The lowest BCUT2D eigenvalue weighted by Crippen LogP contribution is -2.20. The number of aryl methyl sites for hydroxylation is 1. The molecule has 0 aliphatic heterocycles. The molecule has 0 fully saturated rings. The summed E-state index contributed by atoms with van der Waals surface area (Å²) in [5.41, 5.74) is 1.59. The zero-order valence-corrected chi connectivity index (χ0v) is 12.1. The van der Waals surface area contributed by atoms with Gasteiger partial charge >= 0.3 is 6.03 Å². The van der Waals surface area contributed by atoms with Crippen molar-refractivity contribution in [1.29, 1.82) is 0 Å². The van der Waals surface area contributed by atoms with Crippen LogP contribution < -0.4 is 15.4 Å². The van der Waals surface area contributed by atoms with E-state index in [-0.39, 0.29) is 5.69 Å². The maximum Gasteiger partial charge on any atom is 0.323 e. The quantitative estimate of drug-likeness (QED) is 0.667. The first-order chi connectivity index (χ1) is 10.5. The standard InChI is InChI=1S/C15H15N3O4/c1-10-6-7-12(18(20)21)9-14(10)17-15(19)16-11-4-3-5-13(8-11)22-2/h3-9H,1-2H3,(H2,16,17,19). The molecule has 7 heteroatoms. The Morgan fingerprint density at radius 1 is 1.18 bits per heavy atom. The van der Waals surface area contributed by atoms with Crippen LogP contribution in [-0.4, -0.2) is 18.1 Å². The van der Waals surface area contributed by atoms with Crippen LogP contribution in [0.5, 0.6) is 5.75 Å².